The van der Waals surface area contributed by atoms with Crippen molar-refractivity contribution in [2.75, 3.05) is 13.2 Å². The molecule has 0 aliphatic heterocycles. The Hall–Kier alpha value is -2.15. The van der Waals surface area contributed by atoms with Crippen LogP contribution in [0, 0.1) is 5.92 Å². The van der Waals surface area contributed by atoms with E-state index in [9.17, 15) is 14.4 Å². The van der Waals surface area contributed by atoms with E-state index in [0.717, 1.165) is 0 Å². The molecule has 2 amide bonds. The first-order valence-electron chi connectivity index (χ1n) is 8.43. The second kappa shape index (κ2) is 13.2. The molecule has 0 heterocycles. The van der Waals surface area contributed by atoms with Gasteiger partial charge in [0.2, 0.25) is 11.8 Å². The summed E-state index contributed by atoms with van der Waals surface area (Å²) in [5, 5.41) is 14.2. The zero-order chi connectivity index (χ0) is 19.2. The van der Waals surface area contributed by atoms with Gasteiger partial charge in [0.1, 0.15) is 6.10 Å². The summed E-state index contributed by atoms with van der Waals surface area (Å²) >= 11 is 0. The molecular formula is C18H30N2O5. The van der Waals surface area contributed by atoms with E-state index < -0.39 is 12.0 Å². The zero-order valence-electron chi connectivity index (χ0n) is 15.1. The lowest BCUT2D eigenvalue weighted by atomic mass is 9.99. The van der Waals surface area contributed by atoms with Crippen LogP contribution in [-0.2, 0) is 19.1 Å². The highest BCUT2D eigenvalue weighted by Gasteiger charge is 2.22. The molecule has 0 rings (SSSR count). The van der Waals surface area contributed by atoms with E-state index in [2.05, 4.69) is 23.8 Å². The molecule has 0 aliphatic rings. The van der Waals surface area contributed by atoms with Gasteiger partial charge in [0.05, 0.1) is 19.1 Å². The Bertz CT molecular complexity index is 464. The average Bonchev–Trinajstić information content (AvgIpc) is 2.57. The van der Waals surface area contributed by atoms with Gasteiger partial charge in [0, 0.05) is 18.9 Å². The van der Waals surface area contributed by atoms with Crippen LogP contribution in [0.4, 0.5) is 0 Å². The number of hydrogen-bond acceptors (Lipinski definition) is 5. The Morgan fingerprint density at radius 2 is 1.88 bits per heavy atom. The number of amides is 2. The van der Waals surface area contributed by atoms with Gasteiger partial charge in [-0.2, -0.15) is 0 Å². The minimum Gasteiger partial charge on any atom is -0.461 e. The highest BCUT2D eigenvalue weighted by atomic mass is 16.5. The van der Waals surface area contributed by atoms with Gasteiger partial charge in [0.25, 0.3) is 0 Å². The van der Waals surface area contributed by atoms with E-state index in [1.54, 1.807) is 26.0 Å². The fourth-order valence-corrected chi connectivity index (χ4v) is 2.02. The monoisotopic (exact) mass is 354 g/mol. The number of nitrogens with one attached hydrogen (secondary N) is 2. The minimum absolute atomic E-state index is 0.00427. The van der Waals surface area contributed by atoms with Crippen molar-refractivity contribution in [2.24, 2.45) is 5.92 Å². The molecule has 0 radical (unpaired) electrons. The molecule has 7 heteroatoms. The first kappa shape index (κ1) is 22.9. The molecule has 3 N–H and O–H groups in total. The van der Waals surface area contributed by atoms with Crippen molar-refractivity contribution in [3.8, 4) is 0 Å². The van der Waals surface area contributed by atoms with Crippen LogP contribution in [0.5, 0.6) is 0 Å². The van der Waals surface area contributed by atoms with Crippen LogP contribution in [0.15, 0.2) is 25.3 Å². The van der Waals surface area contributed by atoms with Crippen molar-refractivity contribution in [3.63, 3.8) is 0 Å². The molecule has 0 unspecified atom stereocenters. The predicted molar refractivity (Wildman–Crippen MR) is 95.6 cm³/mol. The van der Waals surface area contributed by atoms with Crippen LogP contribution >= 0.6 is 0 Å². The molecular weight excluding hydrogens is 324 g/mol. The third kappa shape index (κ3) is 11.1. The number of hydrogen-bond donors (Lipinski definition) is 3. The van der Waals surface area contributed by atoms with E-state index in [4.69, 9.17) is 9.84 Å². The zero-order valence-corrected chi connectivity index (χ0v) is 15.1. The molecule has 0 aromatic carbocycles. The number of carbonyl (C=O) groups is 3. The Morgan fingerprint density at radius 1 is 1.20 bits per heavy atom. The Balaban J connectivity index is 4.39. The molecule has 7 nitrogen and oxygen atoms in total. The SMILES string of the molecule is C=CCCC(=O)O[C@@H](C)CNC(=O)[C@H](CC=C)CC(=O)N[C@@H](C)CO. The van der Waals surface area contributed by atoms with Gasteiger partial charge in [-0.15, -0.1) is 13.2 Å². The second-order valence-corrected chi connectivity index (χ2v) is 5.95. The normalized spacial score (nSPS) is 13.9. The van der Waals surface area contributed by atoms with Crippen molar-refractivity contribution in [3.05, 3.63) is 25.3 Å². The van der Waals surface area contributed by atoms with E-state index in [-0.39, 0.29) is 49.8 Å². The van der Waals surface area contributed by atoms with Gasteiger partial charge >= 0.3 is 5.97 Å². The highest BCUT2D eigenvalue weighted by molar-refractivity contribution is 5.86. The van der Waals surface area contributed by atoms with Gasteiger partial charge in [-0.05, 0) is 26.7 Å². The van der Waals surface area contributed by atoms with Gasteiger partial charge in [-0.25, -0.2) is 0 Å². The third-order valence-electron chi connectivity index (χ3n) is 3.38. The number of esters is 1. The summed E-state index contributed by atoms with van der Waals surface area (Å²) in [6.07, 6.45) is 3.89. The standard InChI is InChI=1S/C18H30N2O5/c1-5-7-9-17(23)25-14(4)11-19-18(24)15(8-6-2)10-16(22)20-13(3)12-21/h5-6,13-15,21H,1-2,7-12H2,3-4H3,(H,19,24)(H,20,22)/t13-,14-,15+/m0/s1. The van der Waals surface area contributed by atoms with E-state index >= 15 is 0 Å². The first-order chi connectivity index (χ1) is 11.8. The number of allylic oxidation sites excluding steroid dienone is 2. The van der Waals surface area contributed by atoms with Crippen molar-refractivity contribution in [2.45, 2.75) is 51.7 Å². The molecule has 0 spiro atoms. The molecule has 0 aliphatic carbocycles. The molecule has 0 fully saturated rings. The van der Waals surface area contributed by atoms with Crippen LogP contribution in [0.25, 0.3) is 0 Å². The second-order valence-electron chi connectivity index (χ2n) is 5.95. The summed E-state index contributed by atoms with van der Waals surface area (Å²) in [7, 11) is 0. The smallest absolute Gasteiger partial charge is 0.306 e. The quantitative estimate of drug-likeness (QED) is 0.339. The lowest BCUT2D eigenvalue weighted by Crippen LogP contribution is -2.41. The maximum absolute atomic E-state index is 12.2. The molecule has 0 saturated heterocycles. The largest absolute Gasteiger partial charge is 0.461 e. The maximum Gasteiger partial charge on any atom is 0.306 e. The summed E-state index contributed by atoms with van der Waals surface area (Å²) in [5.41, 5.74) is 0. The summed E-state index contributed by atoms with van der Waals surface area (Å²) in [5.74, 6) is -1.53. The van der Waals surface area contributed by atoms with Crippen LogP contribution in [0.3, 0.4) is 0 Å². The number of aliphatic hydroxyl groups is 1. The minimum atomic E-state index is -0.563. The topological polar surface area (TPSA) is 105 Å². The Morgan fingerprint density at radius 3 is 2.44 bits per heavy atom. The Labute approximate surface area is 149 Å². The van der Waals surface area contributed by atoms with Crippen molar-refractivity contribution >= 4 is 17.8 Å². The first-order valence-corrected chi connectivity index (χ1v) is 8.43. The molecule has 0 aromatic heterocycles. The number of ether oxygens (including phenoxy) is 1. The average molecular weight is 354 g/mol. The summed E-state index contributed by atoms with van der Waals surface area (Å²) in [6, 6.07) is -0.366. The van der Waals surface area contributed by atoms with Crippen LogP contribution in [0.2, 0.25) is 0 Å². The van der Waals surface area contributed by atoms with Crippen LogP contribution in [0.1, 0.15) is 39.5 Å². The number of aliphatic hydroxyl groups excluding tert-OH is 1. The lowest BCUT2D eigenvalue weighted by Gasteiger charge is -2.19. The van der Waals surface area contributed by atoms with E-state index in [0.29, 0.717) is 12.8 Å². The van der Waals surface area contributed by atoms with Crippen molar-refractivity contribution < 1.29 is 24.2 Å². The van der Waals surface area contributed by atoms with Gasteiger partial charge in [0.15, 0.2) is 0 Å². The molecule has 0 bridgehead atoms. The van der Waals surface area contributed by atoms with Gasteiger partial charge in [-0.3, -0.25) is 14.4 Å². The highest BCUT2D eigenvalue weighted by Crippen LogP contribution is 2.10. The lowest BCUT2D eigenvalue weighted by molar-refractivity contribution is -0.148. The van der Waals surface area contributed by atoms with Gasteiger partial charge in [-0.1, -0.05) is 12.2 Å². The molecule has 142 valence electrons. The summed E-state index contributed by atoms with van der Waals surface area (Å²) in [4.78, 5) is 35.6. The molecule has 0 aromatic rings. The van der Waals surface area contributed by atoms with E-state index in [1.165, 1.54) is 0 Å². The van der Waals surface area contributed by atoms with E-state index in [1.807, 2.05) is 0 Å². The maximum atomic E-state index is 12.2. The Kier molecular flexibility index (Phi) is 12.0. The molecule has 25 heavy (non-hydrogen) atoms. The third-order valence-corrected chi connectivity index (χ3v) is 3.38. The van der Waals surface area contributed by atoms with Crippen LogP contribution in [-0.4, -0.2) is 48.2 Å². The van der Waals surface area contributed by atoms with Gasteiger partial charge < -0.3 is 20.5 Å². The summed E-state index contributed by atoms with van der Waals surface area (Å²) < 4.78 is 5.16. The van der Waals surface area contributed by atoms with Crippen molar-refractivity contribution in [1.82, 2.24) is 10.6 Å². The fourth-order valence-electron chi connectivity index (χ4n) is 2.02. The van der Waals surface area contributed by atoms with Crippen LogP contribution < -0.4 is 10.6 Å². The number of rotatable bonds is 13. The molecule has 3 atom stereocenters. The fraction of sp³-hybridized carbons (Fsp3) is 0.611. The molecule has 0 saturated carbocycles. The predicted octanol–water partition coefficient (Wildman–Crippen LogP) is 1.08. The number of carbonyl (C=O) groups excluding carboxylic acids is 3. The summed E-state index contributed by atoms with van der Waals surface area (Å²) in [6.45, 7) is 10.5. The van der Waals surface area contributed by atoms with Crippen molar-refractivity contribution in [1.29, 1.82) is 0 Å².